The molecule has 4 heterocycles. The molecular weight excluding hydrogens is 2020 g/mol. The van der Waals surface area contributed by atoms with E-state index in [1.807, 2.05) is 0 Å². The van der Waals surface area contributed by atoms with Crippen molar-refractivity contribution < 1.29 is 220 Å². The lowest BCUT2D eigenvalue weighted by Crippen LogP contribution is -2.18. The van der Waals surface area contributed by atoms with Crippen LogP contribution in [0.4, 0.5) is 211 Å². The second kappa shape index (κ2) is 33.6. The summed E-state index contributed by atoms with van der Waals surface area (Å²) >= 11 is 0. The molecule has 2 N–H and O–H groups in total. The average molecular weight is 2040 g/mol. The number of nitrogens with one attached hydrogen (secondary N) is 2. The number of ketones is 2. The molecule has 58 heteroatoms. The van der Waals surface area contributed by atoms with Crippen LogP contribution >= 0.6 is 0 Å². The number of carbonyl (C=O) groups excluding carboxylic acids is 2. The van der Waals surface area contributed by atoms with E-state index < -0.39 is 469 Å². The maximum absolute atomic E-state index is 15.8. The van der Waals surface area contributed by atoms with Gasteiger partial charge in [-0.3, -0.25) is 9.59 Å². The van der Waals surface area contributed by atoms with Crippen molar-refractivity contribution in [1.29, 1.82) is 0 Å². The van der Waals surface area contributed by atoms with Crippen LogP contribution in [0.15, 0.2) is 146 Å². The molecule has 0 aliphatic carbocycles. The molecule has 10 nitrogen and oxygen atoms in total. The third-order valence-electron chi connectivity index (χ3n) is 19.3. The third-order valence-corrected chi connectivity index (χ3v) is 19.3. The van der Waals surface area contributed by atoms with Gasteiger partial charge < -0.3 is 9.97 Å². The Morgan fingerprint density at radius 3 is 0.457 bits per heavy atom. The van der Waals surface area contributed by atoms with Gasteiger partial charge in [-0.1, -0.05) is 0 Å². The predicted octanol–water partition coefficient (Wildman–Crippen LogP) is 29.4. The van der Waals surface area contributed by atoms with Crippen LogP contribution in [0.3, 0.4) is 0 Å². The van der Waals surface area contributed by atoms with Gasteiger partial charge in [0.15, 0.2) is 34.9 Å². The smallest absolute Gasteiger partial charge is 0.324 e. The molecule has 6 bridgehead atoms. The van der Waals surface area contributed by atoms with E-state index in [2.05, 4.69) is 29.9 Å². The number of hydrogen-bond donors (Lipinski definition) is 2. The molecule has 10 aromatic rings. The predicted molar refractivity (Wildman–Crippen MR) is 370 cm³/mol. The summed E-state index contributed by atoms with van der Waals surface area (Å²) in [5, 5.41) is 0. The number of aromatic amines is 2. The summed E-state index contributed by atoms with van der Waals surface area (Å²) in [5.41, 5.74) is -86.7. The Hall–Kier alpha value is -13.7. The summed E-state index contributed by atoms with van der Waals surface area (Å²) in [6, 6.07) is -21.7. The Bertz CT molecular complexity index is 6230. The fourth-order valence-electron chi connectivity index (χ4n) is 13.3. The van der Waals surface area contributed by atoms with E-state index in [4.69, 9.17) is 0 Å². The number of benzene rings is 8. The molecule has 8 aromatic carbocycles. The first-order valence-corrected chi connectivity index (χ1v) is 35.8. The van der Waals surface area contributed by atoms with Gasteiger partial charge in [0, 0.05) is 44.5 Å². The third kappa shape index (κ3) is 22.0. The molecule has 2 aliphatic heterocycles. The first-order valence-electron chi connectivity index (χ1n) is 35.8. The molecule has 0 radical (unpaired) electrons. The molecule has 0 atom stereocenters. The summed E-state index contributed by atoms with van der Waals surface area (Å²) < 4.78 is 737. The zero-order valence-corrected chi connectivity index (χ0v) is 64.5. The lowest BCUT2D eigenvalue weighted by Gasteiger charge is -2.18. The number of fused-ring (bicyclic) bond motifs is 6. The highest BCUT2D eigenvalue weighted by molar-refractivity contribution is 6.12. The van der Waals surface area contributed by atoms with Crippen molar-refractivity contribution in [2.75, 3.05) is 0 Å². The fourth-order valence-corrected chi connectivity index (χ4v) is 13.3. The van der Waals surface area contributed by atoms with Crippen molar-refractivity contribution in [3.63, 3.8) is 0 Å². The van der Waals surface area contributed by atoms with Crippen LogP contribution in [0, 0.1) is 0 Å². The van der Waals surface area contributed by atoms with Gasteiger partial charge in [0.25, 0.3) is 0 Å². The number of rotatable bonds is 10. The van der Waals surface area contributed by atoms with Gasteiger partial charge in [-0.2, -0.15) is 211 Å². The van der Waals surface area contributed by atoms with Gasteiger partial charge >= 0.3 is 98.8 Å². The van der Waals surface area contributed by atoms with Crippen LogP contribution in [0.2, 0.25) is 0 Å². The highest BCUT2D eigenvalue weighted by Crippen LogP contribution is 2.54. The topological polar surface area (TPSA) is 143 Å². The lowest BCUT2D eigenvalue weighted by atomic mass is 9.90. The fraction of sp³-hybridized carbons (Fsp3) is 0.200. The molecular formula is C80H26F48N8O2. The zero-order valence-electron chi connectivity index (χ0n) is 64.5. The Balaban J connectivity index is 1.58. The maximum Gasteiger partial charge on any atom is 0.416 e. The SMILES string of the molecule is O=C(c1cc(C(F)(F)F)cc(C(F)(F)F)c1)c1nc2nc(nc3[nH]c(nc4nc(nc(C(=O)c5cc(C(F)(F)F)cc(C(F)(F)F)c5)[nH]1)C(c1cc(C(F)(F)F)cc(C(F)(F)F)c1)=C4c1cc(C(F)(F)F)cc(C(F)(F)F)c1)c(-c1cc(C(F)(F)F)cc(C(F)(F)F)c1)c3-c1cc(C(F)(F)F)cc(C(F)(F)F)c1)C(c1cc(C(F)(F)F)cc(C(F)(F)F)c1)=C2c1cc(C(F)(F)F)cc(C(F)(F)F)c1. The number of hydrogen-bond acceptors (Lipinski definition) is 8. The van der Waals surface area contributed by atoms with E-state index in [1.165, 1.54) is 4.98 Å². The van der Waals surface area contributed by atoms with Gasteiger partial charge in [-0.05, 0) is 179 Å². The second-order valence-corrected chi connectivity index (χ2v) is 28.9. The van der Waals surface area contributed by atoms with Crippen LogP contribution in [0.5, 0.6) is 0 Å². The quantitative estimate of drug-likeness (QED) is 0.102. The second-order valence-electron chi connectivity index (χ2n) is 28.9. The van der Waals surface area contributed by atoms with Gasteiger partial charge in [0.1, 0.15) is 11.3 Å². The molecule has 734 valence electrons. The minimum absolute atomic E-state index is 0.803. The van der Waals surface area contributed by atoms with Crippen molar-refractivity contribution in [2.45, 2.75) is 98.8 Å². The van der Waals surface area contributed by atoms with E-state index in [-0.39, 0.29) is 0 Å². The zero-order chi connectivity index (χ0) is 104. The number of H-pyrrole nitrogens is 2. The number of alkyl halides is 48. The first kappa shape index (κ1) is 103. The normalized spacial score (nSPS) is 14.2. The van der Waals surface area contributed by atoms with Crippen LogP contribution in [-0.2, 0) is 98.8 Å². The molecule has 2 aromatic heterocycles. The summed E-state index contributed by atoms with van der Waals surface area (Å²) in [6.07, 6.45) is -104. The minimum Gasteiger partial charge on any atom is -0.324 e. The molecule has 138 heavy (non-hydrogen) atoms. The van der Waals surface area contributed by atoms with Crippen molar-refractivity contribution in [2.24, 2.45) is 0 Å². The molecule has 0 spiro atoms. The van der Waals surface area contributed by atoms with Crippen molar-refractivity contribution >= 4 is 45.2 Å². The minimum atomic E-state index is -6.52. The van der Waals surface area contributed by atoms with Gasteiger partial charge in [0.2, 0.25) is 11.6 Å². The van der Waals surface area contributed by atoms with Crippen molar-refractivity contribution in [3.8, 4) is 22.3 Å². The Morgan fingerprint density at radius 2 is 0.304 bits per heavy atom. The van der Waals surface area contributed by atoms with Gasteiger partial charge in [-0.25, -0.2) is 29.9 Å². The molecule has 2 aliphatic rings. The Labute approximate surface area is 727 Å². The van der Waals surface area contributed by atoms with E-state index in [9.17, 15) is 0 Å². The average Bonchev–Trinajstić information content (AvgIpc) is 1.57. The van der Waals surface area contributed by atoms with Crippen molar-refractivity contribution in [1.82, 2.24) is 39.9 Å². The van der Waals surface area contributed by atoms with Crippen molar-refractivity contribution in [3.05, 3.63) is 303 Å². The first-order chi connectivity index (χ1) is 62.2. The van der Waals surface area contributed by atoms with Crippen LogP contribution < -0.4 is 0 Å². The van der Waals surface area contributed by atoms with Gasteiger partial charge in [0.05, 0.1) is 89.0 Å². The summed E-state index contributed by atoms with van der Waals surface area (Å²) in [6.45, 7) is 0. The molecule has 0 saturated carbocycles. The maximum atomic E-state index is 15.8. The van der Waals surface area contributed by atoms with Crippen LogP contribution in [-0.4, -0.2) is 51.4 Å². The molecule has 0 saturated heterocycles. The monoisotopic (exact) mass is 2040 g/mol. The van der Waals surface area contributed by atoms with E-state index >= 15 is 220 Å². The number of carbonyl (C=O) groups is 2. The van der Waals surface area contributed by atoms with Gasteiger partial charge in [-0.15, -0.1) is 0 Å². The molecule has 0 unspecified atom stereocenters. The molecule has 12 rings (SSSR count). The van der Waals surface area contributed by atoms with E-state index in [0.29, 0.717) is 0 Å². The summed E-state index contributed by atoms with van der Waals surface area (Å²) in [5.74, 6) is -23.8. The summed E-state index contributed by atoms with van der Waals surface area (Å²) in [7, 11) is 0. The summed E-state index contributed by atoms with van der Waals surface area (Å²) in [4.78, 5) is 54.5. The van der Waals surface area contributed by atoms with E-state index in [0.717, 1.165) is 4.98 Å². The molecule has 0 fully saturated rings. The number of aromatic nitrogens is 8. The highest BCUT2D eigenvalue weighted by Gasteiger charge is 2.49. The highest BCUT2D eigenvalue weighted by atomic mass is 19.5. The van der Waals surface area contributed by atoms with Crippen LogP contribution in [0.25, 0.3) is 55.8 Å². The number of nitrogens with zero attached hydrogens (tertiary/aromatic N) is 6. The Morgan fingerprint density at radius 1 is 0.167 bits per heavy atom. The number of halogens is 48. The molecule has 0 amide bonds. The van der Waals surface area contributed by atoms with Crippen LogP contribution in [0.1, 0.15) is 167 Å². The lowest BCUT2D eigenvalue weighted by molar-refractivity contribution is -0.144. The van der Waals surface area contributed by atoms with E-state index in [1.54, 1.807) is 0 Å². The largest absolute Gasteiger partial charge is 0.416 e. The Kier molecular flexibility index (Phi) is 25.1. The standard InChI is InChI=1S/C80H26F48N8O2/c81-65(82,83)33-1-25(2-34(17-33)66(84,85)86)49-50(26-3-35(67(87,88)89)18-36(4-26)68(90,91)92)58-129-57(49)130-59-51(27-5-37(69(93,94)95)19-38(6-27)70(96,97)98)53(29-9-41(73(105,106)107)21-42(10-29)74(108,109)110)61(132-59)134-63(55(137)31-13-45(77(117,118)119)23-46(14-31)78(120,121)122)136-64(56(138)32-15-47(79(123,124)125)24-48(16-32)80(126,127)128)135-62-54(30-11-43(75(111,112)113)22-44(12-30)76(114,115)116)52(60(131-58)133-62)28-7-39(71(99,100)101)20-40(8-28)72(102,103)104/h1-24H,(H2,129,130,131,132,133,134,135,136).